The fraction of sp³-hybridized carbons (Fsp3) is 0.500. The summed E-state index contributed by atoms with van der Waals surface area (Å²) in [5, 5.41) is 3.45. The topological polar surface area (TPSA) is 38.3 Å². The first-order valence-corrected chi connectivity index (χ1v) is 6.23. The molecule has 0 saturated heterocycles. The molecule has 1 saturated carbocycles. The largest absolute Gasteiger partial charge is 0.466 e. The lowest BCUT2D eigenvalue weighted by Crippen LogP contribution is -2.44. The van der Waals surface area contributed by atoms with Crippen molar-refractivity contribution in [2.45, 2.75) is 32.4 Å². The van der Waals surface area contributed by atoms with Crippen LogP contribution in [-0.4, -0.2) is 18.6 Å². The number of nitrogens with one attached hydrogen (secondary N) is 1. The SMILES string of the molecule is CCOC(=O)C1CC(NCc2ccccc2)C1. The molecule has 0 atom stereocenters. The van der Waals surface area contributed by atoms with Crippen LogP contribution in [0.25, 0.3) is 0 Å². The number of benzene rings is 1. The summed E-state index contributed by atoms with van der Waals surface area (Å²) < 4.78 is 4.99. The lowest BCUT2D eigenvalue weighted by Gasteiger charge is -2.34. The summed E-state index contributed by atoms with van der Waals surface area (Å²) in [6.07, 6.45) is 1.82. The molecule has 0 aliphatic heterocycles. The van der Waals surface area contributed by atoms with E-state index in [1.165, 1.54) is 5.56 Å². The van der Waals surface area contributed by atoms with Crippen LogP contribution in [0.5, 0.6) is 0 Å². The van der Waals surface area contributed by atoms with Gasteiger partial charge in [0.1, 0.15) is 0 Å². The Hall–Kier alpha value is -1.35. The number of ether oxygens (including phenoxy) is 1. The Morgan fingerprint density at radius 3 is 2.71 bits per heavy atom. The fourth-order valence-corrected chi connectivity index (χ4v) is 2.10. The molecule has 2 rings (SSSR count). The van der Waals surface area contributed by atoms with E-state index in [1.807, 2.05) is 25.1 Å². The molecule has 0 radical (unpaired) electrons. The maximum absolute atomic E-state index is 11.4. The second-order valence-electron chi connectivity index (χ2n) is 4.48. The summed E-state index contributed by atoms with van der Waals surface area (Å²) in [5.41, 5.74) is 1.28. The Bertz CT molecular complexity index is 358. The Labute approximate surface area is 102 Å². The van der Waals surface area contributed by atoms with Crippen LogP contribution in [0.4, 0.5) is 0 Å². The molecule has 1 N–H and O–H groups in total. The molecule has 1 aromatic rings. The van der Waals surface area contributed by atoms with Crippen LogP contribution in [0, 0.1) is 5.92 Å². The van der Waals surface area contributed by atoms with E-state index in [0.29, 0.717) is 12.6 Å². The van der Waals surface area contributed by atoms with Gasteiger partial charge >= 0.3 is 5.97 Å². The van der Waals surface area contributed by atoms with Gasteiger partial charge in [-0.05, 0) is 25.3 Å². The highest BCUT2D eigenvalue weighted by atomic mass is 16.5. The molecule has 0 amide bonds. The van der Waals surface area contributed by atoms with E-state index in [1.54, 1.807) is 0 Å². The van der Waals surface area contributed by atoms with Gasteiger partial charge in [0.15, 0.2) is 0 Å². The second-order valence-corrected chi connectivity index (χ2v) is 4.48. The van der Waals surface area contributed by atoms with Crippen LogP contribution in [0.1, 0.15) is 25.3 Å². The molecular weight excluding hydrogens is 214 g/mol. The van der Waals surface area contributed by atoms with E-state index >= 15 is 0 Å². The van der Waals surface area contributed by atoms with Gasteiger partial charge in [0.05, 0.1) is 12.5 Å². The predicted molar refractivity (Wildman–Crippen MR) is 66.4 cm³/mol. The van der Waals surface area contributed by atoms with Crippen molar-refractivity contribution in [3.8, 4) is 0 Å². The van der Waals surface area contributed by atoms with E-state index < -0.39 is 0 Å². The normalized spacial score (nSPS) is 22.9. The quantitative estimate of drug-likeness (QED) is 0.792. The first-order valence-electron chi connectivity index (χ1n) is 6.23. The maximum atomic E-state index is 11.4. The summed E-state index contributed by atoms with van der Waals surface area (Å²) in [7, 11) is 0. The standard InChI is InChI=1S/C14H19NO2/c1-2-17-14(16)12-8-13(9-12)15-10-11-6-4-3-5-7-11/h3-7,12-13,15H,2,8-10H2,1H3. The van der Waals surface area contributed by atoms with Crippen LogP contribution in [-0.2, 0) is 16.1 Å². The number of esters is 1. The molecule has 1 fully saturated rings. The predicted octanol–water partition coefficient (Wildman–Crippen LogP) is 2.12. The Morgan fingerprint density at radius 1 is 1.35 bits per heavy atom. The van der Waals surface area contributed by atoms with Crippen LogP contribution < -0.4 is 5.32 Å². The Kier molecular flexibility index (Phi) is 4.15. The number of rotatable bonds is 5. The summed E-state index contributed by atoms with van der Waals surface area (Å²) in [4.78, 5) is 11.4. The molecule has 3 heteroatoms. The third-order valence-corrected chi connectivity index (χ3v) is 3.20. The minimum absolute atomic E-state index is 0.0368. The smallest absolute Gasteiger partial charge is 0.309 e. The third-order valence-electron chi connectivity index (χ3n) is 3.20. The van der Waals surface area contributed by atoms with Crippen LogP contribution in [0.15, 0.2) is 30.3 Å². The lowest BCUT2D eigenvalue weighted by atomic mass is 9.80. The summed E-state index contributed by atoms with van der Waals surface area (Å²) in [5.74, 6) is 0.0773. The van der Waals surface area contributed by atoms with Crippen molar-refractivity contribution < 1.29 is 9.53 Å². The molecule has 1 aromatic carbocycles. The third kappa shape index (κ3) is 3.30. The number of carbonyl (C=O) groups is 1. The molecule has 0 heterocycles. The van der Waals surface area contributed by atoms with Crippen molar-refractivity contribution in [3.63, 3.8) is 0 Å². The number of carbonyl (C=O) groups excluding carboxylic acids is 1. The highest BCUT2D eigenvalue weighted by Crippen LogP contribution is 2.28. The van der Waals surface area contributed by atoms with Crippen molar-refractivity contribution in [3.05, 3.63) is 35.9 Å². The zero-order valence-electron chi connectivity index (χ0n) is 10.2. The van der Waals surface area contributed by atoms with Gasteiger partial charge in [0.25, 0.3) is 0 Å². The van der Waals surface area contributed by atoms with Crippen molar-refractivity contribution in [2.24, 2.45) is 5.92 Å². The molecule has 92 valence electrons. The van der Waals surface area contributed by atoms with Crippen molar-refractivity contribution in [1.29, 1.82) is 0 Å². The minimum atomic E-state index is -0.0368. The lowest BCUT2D eigenvalue weighted by molar-refractivity contribution is -0.151. The molecule has 17 heavy (non-hydrogen) atoms. The summed E-state index contributed by atoms with van der Waals surface area (Å²) >= 11 is 0. The van der Waals surface area contributed by atoms with E-state index in [0.717, 1.165) is 19.4 Å². The minimum Gasteiger partial charge on any atom is -0.466 e. The molecule has 3 nitrogen and oxygen atoms in total. The second kappa shape index (κ2) is 5.82. The molecule has 0 unspecified atom stereocenters. The van der Waals surface area contributed by atoms with Crippen molar-refractivity contribution in [2.75, 3.05) is 6.61 Å². The highest BCUT2D eigenvalue weighted by molar-refractivity contribution is 5.73. The average Bonchev–Trinajstić information content (AvgIpc) is 2.28. The van der Waals surface area contributed by atoms with E-state index in [-0.39, 0.29) is 11.9 Å². The van der Waals surface area contributed by atoms with Gasteiger partial charge in [-0.15, -0.1) is 0 Å². The van der Waals surface area contributed by atoms with Gasteiger partial charge in [-0.25, -0.2) is 0 Å². The fourth-order valence-electron chi connectivity index (χ4n) is 2.10. The van der Waals surface area contributed by atoms with Crippen LogP contribution in [0.3, 0.4) is 0 Å². The first kappa shape index (κ1) is 12.1. The van der Waals surface area contributed by atoms with E-state index in [4.69, 9.17) is 4.74 Å². The zero-order valence-corrected chi connectivity index (χ0v) is 10.2. The van der Waals surface area contributed by atoms with Crippen LogP contribution >= 0.6 is 0 Å². The summed E-state index contributed by atoms with van der Waals surface area (Å²) in [6, 6.07) is 10.8. The molecule has 1 aliphatic carbocycles. The highest BCUT2D eigenvalue weighted by Gasteiger charge is 2.34. The monoisotopic (exact) mass is 233 g/mol. The van der Waals surface area contributed by atoms with E-state index in [9.17, 15) is 4.79 Å². The van der Waals surface area contributed by atoms with Gasteiger partial charge in [-0.1, -0.05) is 30.3 Å². The Morgan fingerprint density at radius 2 is 2.06 bits per heavy atom. The average molecular weight is 233 g/mol. The van der Waals surface area contributed by atoms with Crippen molar-refractivity contribution in [1.82, 2.24) is 5.32 Å². The molecule has 0 aromatic heterocycles. The van der Waals surface area contributed by atoms with Gasteiger partial charge in [0.2, 0.25) is 0 Å². The first-order chi connectivity index (χ1) is 8.29. The van der Waals surface area contributed by atoms with Gasteiger partial charge in [-0.3, -0.25) is 4.79 Å². The van der Waals surface area contributed by atoms with Gasteiger partial charge in [-0.2, -0.15) is 0 Å². The van der Waals surface area contributed by atoms with E-state index in [2.05, 4.69) is 17.4 Å². The van der Waals surface area contributed by atoms with Gasteiger partial charge < -0.3 is 10.1 Å². The van der Waals surface area contributed by atoms with Crippen LogP contribution in [0.2, 0.25) is 0 Å². The molecular formula is C14H19NO2. The summed E-state index contributed by atoms with van der Waals surface area (Å²) in [6.45, 7) is 3.21. The number of hydrogen-bond acceptors (Lipinski definition) is 3. The molecule has 1 aliphatic rings. The number of hydrogen-bond donors (Lipinski definition) is 1. The van der Waals surface area contributed by atoms with Crippen molar-refractivity contribution >= 4 is 5.97 Å². The van der Waals surface area contributed by atoms with Gasteiger partial charge in [0, 0.05) is 12.6 Å². The maximum Gasteiger partial charge on any atom is 0.309 e. The molecule has 0 spiro atoms. The Balaban J connectivity index is 1.66. The molecule has 0 bridgehead atoms. The zero-order chi connectivity index (χ0) is 12.1.